The van der Waals surface area contributed by atoms with Crippen LogP contribution in [0.1, 0.15) is 1.37 Å². The fourth-order valence-corrected chi connectivity index (χ4v) is 0.0913. The van der Waals surface area contributed by atoms with Crippen molar-refractivity contribution >= 4 is 0 Å². The Kier molecular flexibility index (Phi) is 2.45. The standard InChI is InChI=1S/C3H9NO/c1-4-2-3-5/h4-5H,2-3H2,1H3/i3T. The number of rotatable bonds is 2. The van der Waals surface area contributed by atoms with Crippen LogP contribution >= 0.6 is 0 Å². The Morgan fingerprint density at radius 1 is 2.20 bits per heavy atom. The SMILES string of the molecule is [3H]C(O)CNC. The van der Waals surface area contributed by atoms with E-state index in [0.717, 1.165) is 0 Å². The van der Waals surface area contributed by atoms with Crippen LogP contribution < -0.4 is 5.32 Å². The second kappa shape index (κ2) is 3.92. The van der Waals surface area contributed by atoms with Crippen LogP contribution in [-0.2, 0) is 0 Å². The summed E-state index contributed by atoms with van der Waals surface area (Å²) in [5.41, 5.74) is 0. The van der Waals surface area contributed by atoms with Crippen LogP contribution in [0.5, 0.6) is 0 Å². The van der Waals surface area contributed by atoms with Crippen molar-refractivity contribution in [2.75, 3.05) is 20.2 Å². The van der Waals surface area contributed by atoms with Crippen LogP contribution in [0, 0.1) is 0 Å². The maximum absolute atomic E-state index is 8.16. The van der Waals surface area contributed by atoms with Crippen LogP contribution in [0.15, 0.2) is 0 Å². The van der Waals surface area contributed by atoms with Gasteiger partial charge in [0.1, 0.15) is 0 Å². The number of aliphatic hydroxyl groups excluding tert-OH is 1. The summed E-state index contributed by atoms with van der Waals surface area (Å²) in [4.78, 5) is 0. The van der Waals surface area contributed by atoms with Gasteiger partial charge in [-0.2, -0.15) is 0 Å². The minimum absolute atomic E-state index is 0.347. The van der Waals surface area contributed by atoms with Crippen molar-refractivity contribution in [1.29, 1.82) is 0 Å². The van der Waals surface area contributed by atoms with Gasteiger partial charge in [0, 0.05) is 6.54 Å². The molecular weight excluding hydrogens is 66.0 g/mol. The lowest BCUT2D eigenvalue weighted by molar-refractivity contribution is 0.296. The molecule has 0 saturated carbocycles. The Balaban J connectivity index is 2.63. The highest BCUT2D eigenvalue weighted by Crippen LogP contribution is 1.42. The molecule has 0 radical (unpaired) electrons. The fraction of sp³-hybridized carbons (Fsp3) is 1.00. The van der Waals surface area contributed by atoms with Crippen molar-refractivity contribution < 1.29 is 6.48 Å². The quantitative estimate of drug-likeness (QED) is 0.452. The molecule has 5 heavy (non-hydrogen) atoms. The highest BCUT2D eigenvalue weighted by Gasteiger charge is 1.65. The molecule has 0 bridgehead atoms. The predicted octanol–water partition coefficient (Wildman–Crippen LogP) is -0.802. The van der Waals surface area contributed by atoms with Gasteiger partial charge in [-0.15, -0.1) is 0 Å². The molecule has 0 aliphatic carbocycles. The molecule has 0 aliphatic rings. The lowest BCUT2D eigenvalue weighted by atomic mass is 10.7. The number of likely N-dealkylation sites (N-methyl/N-ethyl adjacent to an activating group) is 1. The summed E-state index contributed by atoms with van der Waals surface area (Å²) in [6.07, 6.45) is 0. The lowest BCUT2D eigenvalue weighted by Gasteiger charge is -1.84. The second-order valence-corrected chi connectivity index (χ2v) is 0.740. The Morgan fingerprint density at radius 2 is 2.80 bits per heavy atom. The van der Waals surface area contributed by atoms with Crippen molar-refractivity contribution in [1.82, 2.24) is 5.32 Å². The number of nitrogens with one attached hydrogen (secondary N) is 1. The zero-order valence-corrected chi connectivity index (χ0v) is 3.23. The molecule has 0 heterocycles. The topological polar surface area (TPSA) is 32.3 Å². The highest BCUT2D eigenvalue weighted by molar-refractivity contribution is 4.27. The van der Waals surface area contributed by atoms with Gasteiger partial charge in [-0.05, 0) is 7.05 Å². The smallest absolute Gasteiger partial charge is 0.0577 e. The minimum Gasteiger partial charge on any atom is -0.395 e. The summed E-state index contributed by atoms with van der Waals surface area (Å²) in [7, 11) is 1.69. The zero-order chi connectivity index (χ0) is 4.99. The van der Waals surface area contributed by atoms with Crippen LogP contribution in [0.2, 0.25) is 0 Å². The number of hydrogen-bond acceptors (Lipinski definition) is 2. The van der Waals surface area contributed by atoms with Gasteiger partial charge in [0.15, 0.2) is 0 Å². The Hall–Kier alpha value is -0.0800. The molecule has 0 aliphatic heterocycles. The predicted molar refractivity (Wildman–Crippen MR) is 21.0 cm³/mol. The van der Waals surface area contributed by atoms with E-state index < -0.39 is 6.58 Å². The Morgan fingerprint density at radius 3 is 2.80 bits per heavy atom. The third kappa shape index (κ3) is 3.92. The Bertz CT molecular complexity index is 32.0. The minimum atomic E-state index is -0.963. The summed E-state index contributed by atoms with van der Waals surface area (Å²) in [5, 5.41) is 10.8. The van der Waals surface area contributed by atoms with E-state index in [-0.39, 0.29) is 0 Å². The molecule has 2 heteroatoms. The summed E-state index contributed by atoms with van der Waals surface area (Å²) < 4.78 is 6.47. The first-order valence-electron chi connectivity index (χ1n) is 2.10. The second-order valence-electron chi connectivity index (χ2n) is 0.740. The van der Waals surface area contributed by atoms with Gasteiger partial charge < -0.3 is 10.4 Å². The molecule has 0 aromatic carbocycles. The van der Waals surface area contributed by atoms with E-state index in [1.807, 2.05) is 0 Å². The van der Waals surface area contributed by atoms with Crippen LogP contribution in [0.3, 0.4) is 0 Å². The van der Waals surface area contributed by atoms with Gasteiger partial charge in [0.25, 0.3) is 0 Å². The molecule has 0 fully saturated rings. The molecular formula is C3H9NO. The summed E-state index contributed by atoms with van der Waals surface area (Å²) in [5.74, 6) is 0. The molecule has 2 nitrogen and oxygen atoms in total. The van der Waals surface area contributed by atoms with Crippen LogP contribution in [0.25, 0.3) is 0 Å². The van der Waals surface area contributed by atoms with Gasteiger partial charge >= 0.3 is 0 Å². The van der Waals surface area contributed by atoms with E-state index in [2.05, 4.69) is 5.32 Å². The molecule has 0 rings (SSSR count). The normalized spacial score (nSPS) is 17.6. The van der Waals surface area contributed by atoms with Gasteiger partial charge in [0.2, 0.25) is 0 Å². The van der Waals surface area contributed by atoms with Crippen molar-refractivity contribution in [3.63, 3.8) is 0 Å². The molecule has 0 saturated heterocycles. The summed E-state index contributed by atoms with van der Waals surface area (Å²) in [6, 6.07) is 0. The van der Waals surface area contributed by atoms with Crippen molar-refractivity contribution in [2.45, 2.75) is 0 Å². The lowest BCUT2D eigenvalue weighted by Crippen LogP contribution is -2.10. The summed E-state index contributed by atoms with van der Waals surface area (Å²) in [6.45, 7) is -0.616. The largest absolute Gasteiger partial charge is 0.395 e. The molecule has 2 N–H and O–H groups in total. The van der Waals surface area contributed by atoms with E-state index in [9.17, 15) is 0 Å². The molecule has 1 atom stereocenters. The van der Waals surface area contributed by atoms with Crippen molar-refractivity contribution in [2.24, 2.45) is 0 Å². The molecule has 0 aromatic rings. The molecule has 0 spiro atoms. The zero-order valence-electron chi connectivity index (χ0n) is 4.23. The van der Waals surface area contributed by atoms with E-state index in [1.165, 1.54) is 0 Å². The third-order valence-electron chi connectivity index (χ3n) is 0.295. The van der Waals surface area contributed by atoms with E-state index >= 15 is 0 Å². The molecule has 32 valence electrons. The number of aliphatic hydroxyl groups is 1. The average Bonchev–Trinajstić information content (AvgIpc) is 1.35. The third-order valence-corrected chi connectivity index (χ3v) is 0.295. The monoisotopic (exact) mass is 77.1 g/mol. The van der Waals surface area contributed by atoms with Gasteiger partial charge in [0.05, 0.1) is 7.95 Å². The highest BCUT2D eigenvalue weighted by atomic mass is 16.3. The van der Waals surface area contributed by atoms with Crippen molar-refractivity contribution in [3.8, 4) is 0 Å². The van der Waals surface area contributed by atoms with Gasteiger partial charge in [-0.3, -0.25) is 0 Å². The maximum atomic E-state index is 8.16. The van der Waals surface area contributed by atoms with Crippen LogP contribution in [-0.4, -0.2) is 25.3 Å². The van der Waals surface area contributed by atoms with E-state index in [1.54, 1.807) is 7.05 Å². The number of hydrogen-bond donors (Lipinski definition) is 2. The first-order valence-corrected chi connectivity index (χ1v) is 1.52. The van der Waals surface area contributed by atoms with Gasteiger partial charge in [-0.1, -0.05) is 0 Å². The van der Waals surface area contributed by atoms with E-state index in [0.29, 0.717) is 6.54 Å². The van der Waals surface area contributed by atoms with Crippen LogP contribution in [0.4, 0.5) is 0 Å². The Labute approximate surface area is 33.2 Å². The first kappa shape index (κ1) is 3.12. The average molecular weight is 77.1 g/mol. The van der Waals surface area contributed by atoms with Gasteiger partial charge in [-0.25, -0.2) is 0 Å². The van der Waals surface area contributed by atoms with Crippen molar-refractivity contribution in [3.05, 3.63) is 0 Å². The molecule has 1 unspecified atom stereocenters. The molecule has 0 amide bonds. The maximum Gasteiger partial charge on any atom is 0.0577 e. The first-order chi connectivity index (χ1) is 2.77. The van der Waals surface area contributed by atoms with E-state index in [4.69, 9.17) is 6.48 Å². The fourth-order valence-electron chi connectivity index (χ4n) is 0.0913. The molecule has 0 aromatic heterocycles. The summed E-state index contributed by atoms with van der Waals surface area (Å²) >= 11 is 0.